The average Bonchev–Trinajstić information content (AvgIpc) is 3.41. The van der Waals surface area contributed by atoms with Crippen LogP contribution in [0.25, 0.3) is 22.4 Å². The molecule has 0 amide bonds. The van der Waals surface area contributed by atoms with Crippen molar-refractivity contribution in [1.29, 1.82) is 0 Å². The third kappa shape index (κ3) is 5.75. The van der Waals surface area contributed by atoms with Gasteiger partial charge in [0.25, 0.3) is 0 Å². The van der Waals surface area contributed by atoms with Gasteiger partial charge in [0.05, 0.1) is 5.69 Å². The Labute approximate surface area is 202 Å². The van der Waals surface area contributed by atoms with E-state index >= 15 is 0 Å². The van der Waals surface area contributed by atoms with E-state index < -0.39 is 0 Å². The lowest BCUT2D eigenvalue weighted by Crippen LogP contribution is -2.44. The molecule has 0 aliphatic carbocycles. The van der Waals surface area contributed by atoms with Crippen molar-refractivity contribution >= 4 is 11.6 Å². The van der Waals surface area contributed by atoms with E-state index in [0.717, 1.165) is 52.3 Å². The van der Waals surface area contributed by atoms with Crippen molar-refractivity contribution in [3.63, 3.8) is 0 Å². The minimum atomic E-state index is 0.738. The molecule has 2 saturated heterocycles. The SMILES string of the molecule is Clc1ccc(-c2ccc(-c3ccc(OCCN4CCC(N5CCCC5)CC4)cc3)nc2)cc1. The first-order valence-corrected chi connectivity index (χ1v) is 12.5. The molecule has 33 heavy (non-hydrogen) atoms. The van der Waals surface area contributed by atoms with Crippen molar-refractivity contribution in [2.24, 2.45) is 0 Å². The molecular formula is C28H32ClN3O. The van der Waals surface area contributed by atoms with Crippen molar-refractivity contribution in [3.05, 3.63) is 71.9 Å². The van der Waals surface area contributed by atoms with Crippen LogP contribution in [0.5, 0.6) is 5.75 Å². The van der Waals surface area contributed by atoms with Crippen LogP contribution in [0.4, 0.5) is 0 Å². The van der Waals surface area contributed by atoms with Crippen LogP contribution >= 0.6 is 11.6 Å². The molecule has 0 N–H and O–H groups in total. The zero-order valence-corrected chi connectivity index (χ0v) is 19.9. The highest BCUT2D eigenvalue weighted by atomic mass is 35.5. The van der Waals surface area contributed by atoms with E-state index in [0.29, 0.717) is 0 Å². The molecule has 172 valence electrons. The highest BCUT2D eigenvalue weighted by Crippen LogP contribution is 2.25. The standard InChI is InChI=1S/C28H32ClN3O/c29-25-8-3-22(4-9-25)24-7-12-28(30-21-24)23-5-10-27(11-6-23)33-20-19-31-17-13-26(14-18-31)32-15-1-2-16-32/h3-12,21,26H,1-2,13-20H2. The van der Waals surface area contributed by atoms with Crippen molar-refractivity contribution in [2.45, 2.75) is 31.7 Å². The smallest absolute Gasteiger partial charge is 0.119 e. The molecular weight excluding hydrogens is 430 g/mol. The monoisotopic (exact) mass is 461 g/mol. The van der Waals surface area contributed by atoms with E-state index in [1.165, 1.54) is 51.9 Å². The van der Waals surface area contributed by atoms with E-state index in [4.69, 9.17) is 16.3 Å². The summed E-state index contributed by atoms with van der Waals surface area (Å²) in [6.07, 6.45) is 7.29. The fourth-order valence-electron chi connectivity index (χ4n) is 5.01. The maximum Gasteiger partial charge on any atom is 0.119 e. The second kappa shape index (κ2) is 10.7. The normalized spacial score (nSPS) is 18.0. The molecule has 5 heteroatoms. The predicted octanol–water partition coefficient (Wildman–Crippen LogP) is 6.01. The quantitative estimate of drug-likeness (QED) is 0.431. The van der Waals surface area contributed by atoms with E-state index in [2.05, 4.69) is 39.0 Å². The number of nitrogens with zero attached hydrogens (tertiary/aromatic N) is 3. The Balaban J connectivity index is 1.09. The number of likely N-dealkylation sites (tertiary alicyclic amines) is 2. The lowest BCUT2D eigenvalue weighted by molar-refractivity contribution is 0.114. The summed E-state index contributed by atoms with van der Waals surface area (Å²) in [5, 5.41) is 0.743. The summed E-state index contributed by atoms with van der Waals surface area (Å²) in [5.74, 6) is 0.920. The Morgan fingerprint density at radius 2 is 1.45 bits per heavy atom. The van der Waals surface area contributed by atoms with Crippen LogP contribution in [-0.4, -0.2) is 60.2 Å². The Hall–Kier alpha value is -2.40. The molecule has 5 rings (SSSR count). The average molecular weight is 462 g/mol. The molecule has 0 saturated carbocycles. The molecule has 0 atom stereocenters. The molecule has 0 bridgehead atoms. The number of halogens is 1. The van der Waals surface area contributed by atoms with Crippen LogP contribution in [0.3, 0.4) is 0 Å². The fourth-order valence-corrected chi connectivity index (χ4v) is 5.13. The summed E-state index contributed by atoms with van der Waals surface area (Å²) >= 11 is 5.99. The summed E-state index contributed by atoms with van der Waals surface area (Å²) in [7, 11) is 0. The molecule has 3 aromatic rings. The molecule has 0 unspecified atom stereocenters. The first-order chi connectivity index (χ1) is 16.2. The van der Waals surface area contributed by atoms with Crippen molar-refractivity contribution < 1.29 is 4.74 Å². The Morgan fingerprint density at radius 3 is 2.12 bits per heavy atom. The van der Waals surface area contributed by atoms with Crippen LogP contribution in [0, 0.1) is 0 Å². The van der Waals surface area contributed by atoms with Gasteiger partial charge in [-0.2, -0.15) is 0 Å². The Kier molecular flexibility index (Phi) is 7.25. The van der Waals surface area contributed by atoms with Crippen LogP contribution < -0.4 is 4.74 Å². The van der Waals surface area contributed by atoms with Gasteiger partial charge < -0.3 is 9.64 Å². The second-order valence-electron chi connectivity index (χ2n) is 9.13. The molecule has 2 aliphatic rings. The van der Waals surface area contributed by atoms with Gasteiger partial charge in [0, 0.05) is 34.9 Å². The van der Waals surface area contributed by atoms with Gasteiger partial charge in [-0.15, -0.1) is 0 Å². The minimum Gasteiger partial charge on any atom is -0.492 e. The topological polar surface area (TPSA) is 28.6 Å². The van der Waals surface area contributed by atoms with Gasteiger partial charge in [-0.1, -0.05) is 29.8 Å². The zero-order chi connectivity index (χ0) is 22.5. The molecule has 0 radical (unpaired) electrons. The molecule has 1 aromatic heterocycles. The third-order valence-electron chi connectivity index (χ3n) is 6.98. The lowest BCUT2D eigenvalue weighted by atomic mass is 10.0. The molecule has 4 nitrogen and oxygen atoms in total. The third-order valence-corrected chi connectivity index (χ3v) is 7.23. The number of piperidine rings is 1. The van der Waals surface area contributed by atoms with Crippen LogP contribution in [0.2, 0.25) is 5.02 Å². The van der Waals surface area contributed by atoms with E-state index in [-0.39, 0.29) is 0 Å². The molecule has 3 heterocycles. The van der Waals surface area contributed by atoms with E-state index in [9.17, 15) is 0 Å². The summed E-state index contributed by atoms with van der Waals surface area (Å²) in [5.41, 5.74) is 4.25. The van der Waals surface area contributed by atoms with Crippen molar-refractivity contribution in [2.75, 3.05) is 39.3 Å². The van der Waals surface area contributed by atoms with Crippen LogP contribution in [0.1, 0.15) is 25.7 Å². The number of benzene rings is 2. The van der Waals surface area contributed by atoms with Crippen LogP contribution in [-0.2, 0) is 0 Å². The first kappa shape index (κ1) is 22.4. The maximum atomic E-state index is 6.03. The Morgan fingerprint density at radius 1 is 0.788 bits per heavy atom. The molecule has 2 aromatic carbocycles. The van der Waals surface area contributed by atoms with Crippen LogP contribution in [0.15, 0.2) is 66.9 Å². The van der Waals surface area contributed by atoms with E-state index in [1.807, 2.05) is 42.6 Å². The Bertz CT molecular complexity index is 1010. The van der Waals surface area contributed by atoms with Gasteiger partial charge in [0.15, 0.2) is 0 Å². The van der Waals surface area contributed by atoms with Gasteiger partial charge >= 0.3 is 0 Å². The number of ether oxygens (including phenoxy) is 1. The molecule has 0 spiro atoms. The first-order valence-electron chi connectivity index (χ1n) is 12.2. The minimum absolute atomic E-state index is 0.738. The predicted molar refractivity (Wildman–Crippen MR) is 136 cm³/mol. The molecule has 2 fully saturated rings. The maximum absolute atomic E-state index is 6.03. The summed E-state index contributed by atoms with van der Waals surface area (Å²) in [4.78, 5) is 9.90. The fraction of sp³-hybridized carbons (Fsp3) is 0.393. The van der Waals surface area contributed by atoms with Gasteiger partial charge in [-0.3, -0.25) is 9.88 Å². The highest BCUT2D eigenvalue weighted by Gasteiger charge is 2.26. The summed E-state index contributed by atoms with van der Waals surface area (Å²) < 4.78 is 6.03. The summed E-state index contributed by atoms with van der Waals surface area (Å²) in [6.45, 7) is 6.75. The largest absolute Gasteiger partial charge is 0.492 e. The van der Waals surface area contributed by atoms with Gasteiger partial charge in [-0.25, -0.2) is 0 Å². The van der Waals surface area contributed by atoms with Crippen molar-refractivity contribution in [1.82, 2.24) is 14.8 Å². The number of pyridine rings is 1. The van der Waals surface area contributed by atoms with Gasteiger partial charge in [0.1, 0.15) is 12.4 Å². The number of hydrogen-bond donors (Lipinski definition) is 0. The second-order valence-corrected chi connectivity index (χ2v) is 9.56. The van der Waals surface area contributed by atoms with Gasteiger partial charge in [0.2, 0.25) is 0 Å². The number of rotatable bonds is 7. The zero-order valence-electron chi connectivity index (χ0n) is 19.1. The number of aromatic nitrogens is 1. The summed E-state index contributed by atoms with van der Waals surface area (Å²) in [6, 6.07) is 21.1. The highest BCUT2D eigenvalue weighted by molar-refractivity contribution is 6.30. The van der Waals surface area contributed by atoms with E-state index in [1.54, 1.807) is 0 Å². The van der Waals surface area contributed by atoms with Gasteiger partial charge in [-0.05, 0) is 99.9 Å². The number of hydrogen-bond acceptors (Lipinski definition) is 4. The lowest BCUT2D eigenvalue weighted by Gasteiger charge is -2.36. The molecule has 2 aliphatic heterocycles. The van der Waals surface area contributed by atoms with Crippen molar-refractivity contribution in [3.8, 4) is 28.1 Å².